The average Bonchev–Trinajstić information content (AvgIpc) is 3.28. The van der Waals surface area contributed by atoms with Gasteiger partial charge in [-0.3, -0.25) is 9.69 Å². The van der Waals surface area contributed by atoms with Crippen LogP contribution in [0.5, 0.6) is 5.75 Å². The fourth-order valence-electron chi connectivity index (χ4n) is 5.84. The van der Waals surface area contributed by atoms with Crippen molar-refractivity contribution in [3.63, 3.8) is 0 Å². The first-order chi connectivity index (χ1) is 18.3. The van der Waals surface area contributed by atoms with Crippen LogP contribution >= 0.6 is 0 Å². The summed E-state index contributed by atoms with van der Waals surface area (Å²) in [6, 6.07) is 5.09. The number of nitrogens with zero attached hydrogens (tertiary/aromatic N) is 4. The summed E-state index contributed by atoms with van der Waals surface area (Å²) >= 11 is 0. The van der Waals surface area contributed by atoms with Gasteiger partial charge in [-0.25, -0.2) is 4.98 Å². The maximum Gasteiger partial charge on any atom is 0.420 e. The van der Waals surface area contributed by atoms with Gasteiger partial charge in [0.05, 0.1) is 30.0 Å². The van der Waals surface area contributed by atoms with Gasteiger partial charge in [-0.1, -0.05) is 6.58 Å². The molecule has 3 saturated heterocycles. The van der Waals surface area contributed by atoms with Crippen LogP contribution in [0.1, 0.15) is 29.0 Å². The Morgan fingerprint density at radius 2 is 1.95 bits per heavy atom. The van der Waals surface area contributed by atoms with E-state index in [1.54, 1.807) is 17.2 Å². The van der Waals surface area contributed by atoms with Crippen molar-refractivity contribution in [3.05, 3.63) is 53.7 Å². The molecule has 1 N–H and O–H groups in total. The number of carbonyl (C=O) groups is 1. The fourth-order valence-corrected chi connectivity index (χ4v) is 5.84. The van der Waals surface area contributed by atoms with Crippen LogP contribution in [-0.2, 0) is 22.3 Å². The molecule has 6 rings (SSSR count). The highest BCUT2D eigenvalue weighted by Gasteiger charge is 2.41. The summed E-state index contributed by atoms with van der Waals surface area (Å²) in [7, 11) is 0. The van der Waals surface area contributed by atoms with E-state index in [4.69, 9.17) is 9.47 Å². The minimum Gasteiger partial charge on any atom is -0.486 e. The molecule has 202 valence electrons. The monoisotopic (exact) mass is 529 g/mol. The van der Waals surface area contributed by atoms with Gasteiger partial charge >= 0.3 is 6.18 Å². The van der Waals surface area contributed by atoms with E-state index in [0.717, 1.165) is 17.7 Å². The number of hydrogen-bond acceptors (Lipinski definition) is 7. The van der Waals surface area contributed by atoms with Crippen molar-refractivity contribution in [3.8, 4) is 5.75 Å². The maximum absolute atomic E-state index is 14.2. The third-order valence-corrected chi connectivity index (χ3v) is 7.96. The summed E-state index contributed by atoms with van der Waals surface area (Å²) in [6.45, 7) is 8.70. The normalized spacial score (nSPS) is 22.0. The Morgan fingerprint density at radius 1 is 1.16 bits per heavy atom. The van der Waals surface area contributed by atoms with Crippen molar-refractivity contribution >= 4 is 23.1 Å². The molecule has 1 aromatic heterocycles. The Bertz CT molecular complexity index is 1240. The summed E-state index contributed by atoms with van der Waals surface area (Å²) in [5.41, 5.74) is 1.74. The lowest BCUT2D eigenvalue weighted by atomic mass is 9.88. The maximum atomic E-state index is 14.2. The Balaban J connectivity index is 1.25. The molecule has 5 heterocycles. The topological polar surface area (TPSA) is 70.2 Å². The number of anilines is 3. The number of aromatic nitrogens is 1. The number of ether oxygens (including phenoxy) is 2. The molecule has 0 saturated carbocycles. The van der Waals surface area contributed by atoms with E-state index in [-0.39, 0.29) is 35.9 Å². The van der Waals surface area contributed by atoms with Crippen LogP contribution in [-0.4, -0.2) is 79.2 Å². The van der Waals surface area contributed by atoms with Gasteiger partial charge in [-0.05, 0) is 36.3 Å². The second kappa shape index (κ2) is 9.77. The number of fused-ring (bicyclic) bond motifs is 2. The number of hydrogen-bond donors (Lipinski definition) is 1. The molecule has 1 atom stereocenters. The van der Waals surface area contributed by atoms with Gasteiger partial charge in [0, 0.05) is 63.1 Å². The predicted molar refractivity (Wildman–Crippen MR) is 136 cm³/mol. The lowest BCUT2D eigenvalue weighted by Crippen LogP contribution is -2.51. The number of amides is 1. The summed E-state index contributed by atoms with van der Waals surface area (Å²) < 4.78 is 54.1. The van der Waals surface area contributed by atoms with Gasteiger partial charge < -0.3 is 24.6 Å². The van der Waals surface area contributed by atoms with Crippen molar-refractivity contribution < 1.29 is 27.4 Å². The van der Waals surface area contributed by atoms with Crippen molar-refractivity contribution in [2.24, 2.45) is 0 Å². The molecule has 0 unspecified atom stereocenters. The zero-order valence-corrected chi connectivity index (χ0v) is 21.0. The lowest BCUT2D eigenvalue weighted by Gasteiger charge is -2.43. The molecule has 0 bridgehead atoms. The molecular weight excluding hydrogens is 499 g/mol. The summed E-state index contributed by atoms with van der Waals surface area (Å²) in [4.78, 5) is 22.5. The highest BCUT2D eigenvalue weighted by Crippen LogP contribution is 2.47. The standard InChI is InChI=1S/C27H30F3N5O3/c1-2-24(36)34-6-4-19(15-34)35-13-18(14-35)17-11-21(27(28,29)30)25-22(12-17)32-26-20(16-38-25)23(3-5-31-26)33-7-9-37-10-8-33/h2-3,5,11-12,18-19H,1,4,6-10,13-16H2,(H,31,32)/t19-/m1/s1. The van der Waals surface area contributed by atoms with Crippen molar-refractivity contribution in [1.29, 1.82) is 0 Å². The second-order valence-electron chi connectivity index (χ2n) is 10.2. The van der Waals surface area contributed by atoms with E-state index >= 15 is 0 Å². The number of benzene rings is 1. The van der Waals surface area contributed by atoms with Crippen LogP contribution in [0.4, 0.5) is 30.4 Å². The molecule has 1 aromatic carbocycles. The van der Waals surface area contributed by atoms with Gasteiger partial charge in [0.15, 0.2) is 5.75 Å². The molecule has 1 amide bonds. The Labute approximate surface area is 219 Å². The molecule has 4 aliphatic heterocycles. The fraction of sp³-hybridized carbons (Fsp3) is 0.481. The highest BCUT2D eigenvalue weighted by molar-refractivity contribution is 5.87. The lowest BCUT2D eigenvalue weighted by molar-refractivity contribution is -0.139. The van der Waals surface area contributed by atoms with Crippen molar-refractivity contribution in [2.45, 2.75) is 31.2 Å². The van der Waals surface area contributed by atoms with Gasteiger partial charge in [0.2, 0.25) is 5.91 Å². The Kier molecular flexibility index (Phi) is 6.43. The molecule has 4 aliphatic rings. The minimum atomic E-state index is -4.57. The number of carbonyl (C=O) groups excluding carboxylic acids is 1. The van der Waals surface area contributed by atoms with Crippen molar-refractivity contribution in [2.75, 3.05) is 62.7 Å². The van der Waals surface area contributed by atoms with Crippen LogP contribution in [0.15, 0.2) is 37.1 Å². The third-order valence-electron chi connectivity index (χ3n) is 7.96. The SMILES string of the molecule is C=CC(=O)N1CC[C@@H](N2CC(c3cc4c(c(C(F)(F)F)c3)OCc3c(N5CCOCC5)ccnc3N4)C2)C1. The van der Waals surface area contributed by atoms with Crippen LogP contribution < -0.4 is 15.0 Å². The number of halogens is 3. The van der Waals surface area contributed by atoms with Crippen LogP contribution in [0.3, 0.4) is 0 Å². The molecule has 11 heteroatoms. The van der Waals surface area contributed by atoms with E-state index in [1.165, 1.54) is 12.1 Å². The number of pyridine rings is 1. The number of likely N-dealkylation sites (tertiary alicyclic amines) is 2. The van der Waals surface area contributed by atoms with Crippen molar-refractivity contribution in [1.82, 2.24) is 14.8 Å². The zero-order chi connectivity index (χ0) is 26.4. The molecule has 0 spiro atoms. The van der Waals surface area contributed by atoms with E-state index in [1.807, 2.05) is 6.07 Å². The third kappa shape index (κ3) is 4.58. The first-order valence-electron chi connectivity index (χ1n) is 12.9. The first kappa shape index (κ1) is 25.0. The van der Waals surface area contributed by atoms with Crippen LogP contribution in [0.25, 0.3) is 0 Å². The minimum absolute atomic E-state index is 0.0168. The van der Waals surface area contributed by atoms with E-state index in [0.29, 0.717) is 63.9 Å². The smallest absolute Gasteiger partial charge is 0.420 e. The Morgan fingerprint density at radius 3 is 2.68 bits per heavy atom. The molecule has 0 radical (unpaired) electrons. The summed E-state index contributed by atoms with van der Waals surface area (Å²) in [6.07, 6.45) is -0.726. The van der Waals surface area contributed by atoms with E-state index in [2.05, 4.69) is 26.7 Å². The van der Waals surface area contributed by atoms with Crippen LogP contribution in [0.2, 0.25) is 0 Å². The highest BCUT2D eigenvalue weighted by atomic mass is 19.4. The predicted octanol–water partition coefficient (Wildman–Crippen LogP) is 3.76. The molecular formula is C27H30F3N5O3. The Hall–Kier alpha value is -3.31. The van der Waals surface area contributed by atoms with E-state index in [9.17, 15) is 18.0 Å². The second-order valence-corrected chi connectivity index (χ2v) is 10.2. The van der Waals surface area contributed by atoms with Gasteiger partial charge in [-0.2, -0.15) is 13.2 Å². The largest absolute Gasteiger partial charge is 0.486 e. The summed E-state index contributed by atoms with van der Waals surface area (Å²) in [5, 5.41) is 3.17. The van der Waals surface area contributed by atoms with E-state index < -0.39 is 11.7 Å². The van der Waals surface area contributed by atoms with Gasteiger partial charge in [0.25, 0.3) is 0 Å². The molecule has 8 nitrogen and oxygen atoms in total. The van der Waals surface area contributed by atoms with Gasteiger partial charge in [-0.15, -0.1) is 0 Å². The zero-order valence-electron chi connectivity index (χ0n) is 21.0. The molecule has 3 fully saturated rings. The number of morpholine rings is 1. The molecule has 38 heavy (non-hydrogen) atoms. The first-order valence-corrected chi connectivity index (χ1v) is 12.9. The number of rotatable bonds is 4. The van der Waals surface area contributed by atoms with Crippen LogP contribution in [0, 0.1) is 0 Å². The molecule has 0 aliphatic carbocycles. The average molecular weight is 530 g/mol. The number of nitrogens with one attached hydrogen (secondary N) is 1. The molecule has 2 aromatic rings. The quantitative estimate of drug-likeness (QED) is 0.605. The van der Waals surface area contributed by atoms with Gasteiger partial charge in [0.1, 0.15) is 12.4 Å². The summed E-state index contributed by atoms with van der Waals surface area (Å²) in [5.74, 6) is 0.188. The number of alkyl halides is 3.